The Balaban J connectivity index is 2.14. The van der Waals surface area contributed by atoms with Gasteiger partial charge in [-0.2, -0.15) is 10.2 Å². The molecule has 0 aromatic rings. The molecule has 0 N–H and O–H groups in total. The van der Waals surface area contributed by atoms with E-state index in [4.69, 9.17) is 0 Å². The first-order valence-electron chi connectivity index (χ1n) is 7.01. The number of Topliss-reactive ketones (excluding diaryl/α,β-unsaturated/α-hetero) is 2. The van der Waals surface area contributed by atoms with Crippen molar-refractivity contribution >= 4 is 11.6 Å². The van der Waals surface area contributed by atoms with Gasteiger partial charge in [-0.25, -0.2) is 0 Å². The molecule has 2 aliphatic rings. The van der Waals surface area contributed by atoms with Gasteiger partial charge in [0.15, 0.2) is 11.6 Å². The van der Waals surface area contributed by atoms with Crippen molar-refractivity contribution in [1.82, 2.24) is 0 Å². The van der Waals surface area contributed by atoms with Gasteiger partial charge in [-0.15, -0.1) is 0 Å². The first-order valence-corrected chi connectivity index (χ1v) is 7.01. The van der Waals surface area contributed by atoms with Crippen LogP contribution in [0.3, 0.4) is 0 Å². The fourth-order valence-corrected chi connectivity index (χ4v) is 2.32. The maximum Gasteiger partial charge on any atom is 0.184 e. The van der Waals surface area contributed by atoms with Crippen LogP contribution < -0.4 is 0 Å². The van der Waals surface area contributed by atoms with Crippen LogP contribution in [0.15, 0.2) is 80.4 Å². The van der Waals surface area contributed by atoms with E-state index >= 15 is 0 Å². The molecule has 0 unspecified atom stereocenters. The third-order valence-electron chi connectivity index (χ3n) is 3.45. The maximum atomic E-state index is 11.6. The monoisotopic (exact) mass is 294 g/mol. The molecule has 4 heteroatoms. The average molecular weight is 294 g/mol. The molecule has 0 amide bonds. The summed E-state index contributed by atoms with van der Waals surface area (Å²) in [4.78, 5) is 23.3. The number of hydrogen-bond donors (Lipinski definition) is 0. The number of allylic oxidation sites excluding steroid dienone is 10. The zero-order chi connectivity index (χ0) is 16.3. The fourth-order valence-electron chi connectivity index (χ4n) is 2.32. The average Bonchev–Trinajstić information content (AvgIpc) is 2.46. The largest absolute Gasteiger partial charge is 0.289 e. The molecule has 0 aromatic carbocycles. The van der Waals surface area contributed by atoms with E-state index in [2.05, 4.69) is 10.2 Å². The van der Waals surface area contributed by atoms with E-state index in [1.54, 1.807) is 64.4 Å². The molecule has 0 heterocycles. The smallest absolute Gasteiger partial charge is 0.184 e. The van der Waals surface area contributed by atoms with E-state index in [1.165, 1.54) is 0 Å². The zero-order valence-electron chi connectivity index (χ0n) is 13.2. The minimum absolute atomic E-state index is 0.0595. The number of carbonyl (C=O) groups is 2. The van der Waals surface area contributed by atoms with Crippen molar-refractivity contribution in [3.05, 3.63) is 70.1 Å². The van der Waals surface area contributed by atoms with Crippen molar-refractivity contribution in [2.45, 2.75) is 27.7 Å². The van der Waals surface area contributed by atoms with Crippen molar-refractivity contribution in [2.75, 3.05) is 0 Å². The van der Waals surface area contributed by atoms with Crippen molar-refractivity contribution in [2.24, 2.45) is 10.2 Å². The van der Waals surface area contributed by atoms with Gasteiger partial charge in [-0.05, 0) is 85.4 Å². The van der Waals surface area contributed by atoms with E-state index in [0.29, 0.717) is 22.3 Å². The van der Waals surface area contributed by atoms with Crippen LogP contribution in [0.5, 0.6) is 0 Å². The summed E-state index contributed by atoms with van der Waals surface area (Å²) in [5.41, 5.74) is 4.47. The minimum atomic E-state index is 0.0595. The van der Waals surface area contributed by atoms with Gasteiger partial charge in [-0.3, -0.25) is 9.59 Å². The van der Waals surface area contributed by atoms with Crippen LogP contribution in [0.1, 0.15) is 27.7 Å². The third-order valence-corrected chi connectivity index (χ3v) is 3.45. The Morgan fingerprint density at radius 2 is 0.909 bits per heavy atom. The SMILES string of the molecule is CC1=CC(=CN=NC=C2C=C(C)C(=O)C(C)=C2)C=C(C)C1=O. The molecule has 4 nitrogen and oxygen atoms in total. The normalized spacial score (nSPS) is 18.9. The first-order chi connectivity index (χ1) is 10.4. The van der Waals surface area contributed by atoms with Crippen molar-refractivity contribution in [3.8, 4) is 0 Å². The third kappa shape index (κ3) is 3.52. The molecule has 0 bridgehead atoms. The lowest BCUT2D eigenvalue weighted by atomic mass is 9.96. The Hall–Kier alpha value is -2.62. The van der Waals surface area contributed by atoms with Gasteiger partial charge >= 0.3 is 0 Å². The predicted molar refractivity (Wildman–Crippen MR) is 86.1 cm³/mol. The second-order valence-electron chi connectivity index (χ2n) is 5.46. The van der Waals surface area contributed by atoms with Gasteiger partial charge in [0, 0.05) is 0 Å². The maximum absolute atomic E-state index is 11.6. The summed E-state index contributed by atoms with van der Waals surface area (Å²) < 4.78 is 0. The number of carbonyl (C=O) groups excluding carboxylic acids is 2. The lowest BCUT2D eigenvalue weighted by Gasteiger charge is -2.08. The Bertz CT molecular complexity index is 642. The fraction of sp³-hybridized carbons (Fsp3) is 0.222. The Morgan fingerprint density at radius 1 is 0.636 bits per heavy atom. The van der Waals surface area contributed by atoms with E-state index in [0.717, 1.165) is 11.1 Å². The molecular weight excluding hydrogens is 276 g/mol. The van der Waals surface area contributed by atoms with Crippen LogP contribution >= 0.6 is 0 Å². The number of ketones is 2. The second-order valence-corrected chi connectivity index (χ2v) is 5.46. The van der Waals surface area contributed by atoms with E-state index in [9.17, 15) is 9.59 Å². The van der Waals surface area contributed by atoms with Crippen LogP contribution in [-0.4, -0.2) is 11.6 Å². The van der Waals surface area contributed by atoms with Gasteiger partial charge in [0.2, 0.25) is 0 Å². The molecular formula is C18H18N2O2. The number of hydrogen-bond acceptors (Lipinski definition) is 4. The van der Waals surface area contributed by atoms with Gasteiger partial charge in [0.25, 0.3) is 0 Å². The van der Waals surface area contributed by atoms with Crippen molar-refractivity contribution in [3.63, 3.8) is 0 Å². The minimum Gasteiger partial charge on any atom is -0.289 e. The molecule has 0 spiro atoms. The summed E-state index contributed by atoms with van der Waals surface area (Å²) in [7, 11) is 0. The second kappa shape index (κ2) is 6.43. The van der Waals surface area contributed by atoms with Crippen LogP contribution in [-0.2, 0) is 9.59 Å². The van der Waals surface area contributed by atoms with Crippen LogP contribution in [0.25, 0.3) is 0 Å². The molecule has 2 aliphatic carbocycles. The molecule has 2 rings (SSSR count). The number of azo groups is 1. The lowest BCUT2D eigenvalue weighted by Crippen LogP contribution is -2.05. The highest BCUT2D eigenvalue weighted by molar-refractivity contribution is 6.10. The Morgan fingerprint density at radius 3 is 1.18 bits per heavy atom. The molecule has 0 aromatic heterocycles. The summed E-state index contributed by atoms with van der Waals surface area (Å²) in [5, 5.41) is 7.99. The molecule has 0 radical (unpaired) electrons. The highest BCUT2D eigenvalue weighted by Gasteiger charge is 2.13. The van der Waals surface area contributed by atoms with Gasteiger partial charge in [0.1, 0.15) is 0 Å². The van der Waals surface area contributed by atoms with E-state index < -0.39 is 0 Å². The lowest BCUT2D eigenvalue weighted by molar-refractivity contribution is -0.113. The van der Waals surface area contributed by atoms with E-state index in [-0.39, 0.29) is 11.6 Å². The standard InChI is InChI=1S/C18H18N2O2/c1-11-5-15(6-12(2)17(11)21)9-19-20-10-16-7-13(3)18(22)14(4)8-16/h5-10H,1-4H3. The Kier molecular flexibility index (Phi) is 4.61. The van der Waals surface area contributed by atoms with Gasteiger partial charge < -0.3 is 0 Å². The van der Waals surface area contributed by atoms with Crippen LogP contribution in [0.2, 0.25) is 0 Å². The van der Waals surface area contributed by atoms with Gasteiger partial charge in [-0.1, -0.05) is 0 Å². The summed E-state index contributed by atoms with van der Waals surface area (Å²) in [6.45, 7) is 7.13. The molecule has 0 saturated heterocycles. The molecule has 0 atom stereocenters. The number of rotatable bonds is 2. The molecule has 0 saturated carbocycles. The number of nitrogens with zero attached hydrogens (tertiary/aromatic N) is 2. The highest BCUT2D eigenvalue weighted by Crippen LogP contribution is 2.19. The molecule has 22 heavy (non-hydrogen) atoms. The summed E-state index contributed by atoms with van der Waals surface area (Å²) in [6, 6.07) is 0. The van der Waals surface area contributed by atoms with Crippen molar-refractivity contribution < 1.29 is 9.59 Å². The van der Waals surface area contributed by atoms with Crippen molar-refractivity contribution in [1.29, 1.82) is 0 Å². The summed E-state index contributed by atoms with van der Waals surface area (Å²) in [6.07, 6.45) is 10.4. The summed E-state index contributed by atoms with van der Waals surface area (Å²) >= 11 is 0. The first kappa shape index (κ1) is 15.8. The molecule has 0 aliphatic heterocycles. The van der Waals surface area contributed by atoms with Crippen LogP contribution in [0, 0.1) is 0 Å². The zero-order valence-corrected chi connectivity index (χ0v) is 13.2. The Labute approximate surface area is 130 Å². The quantitative estimate of drug-likeness (QED) is 0.718. The predicted octanol–water partition coefficient (Wildman–Crippen LogP) is 4.16. The molecule has 112 valence electrons. The highest BCUT2D eigenvalue weighted by atomic mass is 16.1. The van der Waals surface area contributed by atoms with Crippen LogP contribution in [0.4, 0.5) is 0 Å². The summed E-state index contributed by atoms with van der Waals surface area (Å²) in [5.74, 6) is 0.119. The molecule has 0 fully saturated rings. The van der Waals surface area contributed by atoms with Gasteiger partial charge in [0.05, 0.1) is 12.4 Å². The van der Waals surface area contributed by atoms with E-state index in [1.807, 2.05) is 0 Å². The topological polar surface area (TPSA) is 58.9 Å².